The molecule has 1 saturated heterocycles. The van der Waals surface area contributed by atoms with Gasteiger partial charge in [-0.3, -0.25) is 4.18 Å². The summed E-state index contributed by atoms with van der Waals surface area (Å²) < 4.78 is 45.1. The van der Waals surface area contributed by atoms with Crippen molar-refractivity contribution in [2.45, 2.75) is 12.0 Å². The molecule has 94 valence electrons. The van der Waals surface area contributed by atoms with E-state index in [-0.39, 0.29) is 18.3 Å². The number of hydrogen-bond acceptors (Lipinski definition) is 4. The second-order valence-corrected chi connectivity index (χ2v) is 5.64. The molecule has 17 heavy (non-hydrogen) atoms. The van der Waals surface area contributed by atoms with E-state index in [1.54, 1.807) is 12.1 Å². The van der Waals surface area contributed by atoms with Crippen molar-refractivity contribution in [1.29, 1.82) is 0 Å². The highest BCUT2D eigenvalue weighted by Gasteiger charge is 2.33. The minimum atomic E-state index is -3.51. The fourth-order valence-electron chi connectivity index (χ4n) is 1.87. The Morgan fingerprint density at radius 2 is 1.94 bits per heavy atom. The Morgan fingerprint density at radius 3 is 2.53 bits per heavy atom. The highest BCUT2D eigenvalue weighted by molar-refractivity contribution is 7.86. The van der Waals surface area contributed by atoms with Gasteiger partial charge < -0.3 is 4.74 Å². The predicted molar refractivity (Wildman–Crippen MR) is 59.7 cm³/mol. The van der Waals surface area contributed by atoms with Gasteiger partial charge in [0.1, 0.15) is 11.9 Å². The van der Waals surface area contributed by atoms with Gasteiger partial charge in [0.25, 0.3) is 10.1 Å². The van der Waals surface area contributed by atoms with Crippen LogP contribution in [0, 0.1) is 5.82 Å². The van der Waals surface area contributed by atoms with Crippen molar-refractivity contribution in [3.63, 3.8) is 0 Å². The molecule has 0 aliphatic carbocycles. The summed E-state index contributed by atoms with van der Waals surface area (Å²) in [6.45, 7) is 0.612. The summed E-state index contributed by atoms with van der Waals surface area (Å²) in [6, 6.07) is 5.91. The summed E-state index contributed by atoms with van der Waals surface area (Å²) in [5.74, 6) is -0.501. The zero-order valence-corrected chi connectivity index (χ0v) is 10.1. The van der Waals surface area contributed by atoms with Crippen LogP contribution >= 0.6 is 0 Å². The van der Waals surface area contributed by atoms with E-state index in [1.807, 2.05) is 0 Å². The van der Waals surface area contributed by atoms with Crippen molar-refractivity contribution in [2.75, 3.05) is 19.5 Å². The Balaban J connectivity index is 2.17. The number of ether oxygens (including phenoxy) is 1. The van der Waals surface area contributed by atoms with Crippen LogP contribution in [0.5, 0.6) is 0 Å². The van der Waals surface area contributed by atoms with E-state index >= 15 is 0 Å². The molecule has 0 N–H and O–H groups in total. The smallest absolute Gasteiger partial charge is 0.264 e. The molecule has 0 spiro atoms. The lowest BCUT2D eigenvalue weighted by Gasteiger charge is -2.16. The summed E-state index contributed by atoms with van der Waals surface area (Å²) in [5.41, 5.74) is 0.817. The van der Waals surface area contributed by atoms with Gasteiger partial charge in [-0.2, -0.15) is 8.42 Å². The first kappa shape index (κ1) is 12.5. The number of halogens is 1. The molecule has 1 aliphatic rings. The fraction of sp³-hybridized carbons (Fsp3) is 0.455. The van der Waals surface area contributed by atoms with Gasteiger partial charge in [-0.1, -0.05) is 12.1 Å². The maximum atomic E-state index is 12.8. The molecule has 4 nitrogen and oxygen atoms in total. The summed E-state index contributed by atoms with van der Waals surface area (Å²) in [5, 5.41) is 0. The quantitative estimate of drug-likeness (QED) is 0.768. The van der Waals surface area contributed by atoms with Crippen LogP contribution in [0.15, 0.2) is 24.3 Å². The van der Waals surface area contributed by atoms with Crippen molar-refractivity contribution in [1.82, 2.24) is 0 Å². The van der Waals surface area contributed by atoms with Gasteiger partial charge in [-0.15, -0.1) is 0 Å². The Hall–Kier alpha value is -0.980. The molecular weight excluding hydrogens is 247 g/mol. The van der Waals surface area contributed by atoms with Crippen LogP contribution in [0.25, 0.3) is 0 Å². The van der Waals surface area contributed by atoms with E-state index < -0.39 is 16.2 Å². The standard InChI is InChI=1S/C11H13FO4S/c1-17(13,14)16-11-7-15-6-10(11)8-2-4-9(12)5-3-8/h2-5,10-11H,6-7H2,1H3/t10-,11+/m1/s1. The van der Waals surface area contributed by atoms with Crippen molar-refractivity contribution in [3.05, 3.63) is 35.6 Å². The SMILES string of the molecule is CS(=O)(=O)O[C@H]1COC[C@@H]1c1ccc(F)cc1. The molecule has 0 saturated carbocycles. The molecule has 1 aliphatic heterocycles. The molecule has 1 aromatic carbocycles. The zero-order chi connectivity index (χ0) is 12.5. The van der Waals surface area contributed by atoms with Gasteiger partial charge in [0, 0.05) is 5.92 Å². The first-order valence-corrected chi connectivity index (χ1v) is 6.99. The molecule has 2 rings (SSSR count). The maximum Gasteiger partial charge on any atom is 0.264 e. The van der Waals surface area contributed by atoms with Crippen LogP contribution in [-0.4, -0.2) is 34.0 Å². The maximum absolute atomic E-state index is 12.8. The van der Waals surface area contributed by atoms with Gasteiger partial charge in [0.15, 0.2) is 0 Å². The van der Waals surface area contributed by atoms with E-state index in [1.165, 1.54) is 12.1 Å². The molecule has 1 aromatic rings. The van der Waals surface area contributed by atoms with Crippen LogP contribution in [0.1, 0.15) is 11.5 Å². The lowest BCUT2D eigenvalue weighted by molar-refractivity contribution is 0.145. The summed E-state index contributed by atoms with van der Waals surface area (Å²) in [6.07, 6.45) is 0.475. The average molecular weight is 260 g/mol. The third kappa shape index (κ3) is 3.24. The second-order valence-electron chi connectivity index (χ2n) is 4.03. The first-order chi connectivity index (χ1) is 7.96. The van der Waals surface area contributed by atoms with Gasteiger partial charge >= 0.3 is 0 Å². The van der Waals surface area contributed by atoms with Crippen molar-refractivity contribution in [3.8, 4) is 0 Å². The van der Waals surface area contributed by atoms with Gasteiger partial charge in [-0.25, -0.2) is 4.39 Å². The minimum Gasteiger partial charge on any atom is -0.378 e. The van der Waals surface area contributed by atoms with E-state index in [0.717, 1.165) is 11.8 Å². The predicted octanol–water partition coefficient (Wildman–Crippen LogP) is 1.28. The van der Waals surface area contributed by atoms with E-state index in [4.69, 9.17) is 8.92 Å². The molecule has 0 unspecified atom stereocenters. The van der Waals surface area contributed by atoms with Crippen LogP contribution < -0.4 is 0 Å². The lowest BCUT2D eigenvalue weighted by Crippen LogP contribution is -2.23. The first-order valence-electron chi connectivity index (χ1n) is 5.17. The second kappa shape index (κ2) is 4.72. The van der Waals surface area contributed by atoms with E-state index in [2.05, 4.69) is 0 Å². The molecule has 6 heteroatoms. The van der Waals surface area contributed by atoms with Crippen LogP contribution in [0.4, 0.5) is 4.39 Å². The van der Waals surface area contributed by atoms with Crippen molar-refractivity contribution >= 4 is 10.1 Å². The summed E-state index contributed by atoms with van der Waals surface area (Å²) >= 11 is 0. The highest BCUT2D eigenvalue weighted by Crippen LogP contribution is 2.28. The molecular formula is C11H13FO4S. The molecule has 0 amide bonds. The Kier molecular flexibility index (Phi) is 3.46. The van der Waals surface area contributed by atoms with Crippen LogP contribution in [0.3, 0.4) is 0 Å². The normalized spacial score (nSPS) is 25.1. The number of hydrogen-bond donors (Lipinski definition) is 0. The third-order valence-corrected chi connectivity index (χ3v) is 3.22. The molecule has 0 radical (unpaired) electrons. The minimum absolute atomic E-state index is 0.176. The third-order valence-electron chi connectivity index (χ3n) is 2.62. The molecule has 2 atom stereocenters. The van der Waals surface area contributed by atoms with Crippen LogP contribution in [-0.2, 0) is 19.0 Å². The Bertz CT molecular complexity index is 483. The molecule has 0 bridgehead atoms. The highest BCUT2D eigenvalue weighted by atomic mass is 32.2. The van der Waals surface area contributed by atoms with E-state index in [0.29, 0.717) is 6.61 Å². The Morgan fingerprint density at radius 1 is 1.29 bits per heavy atom. The summed E-state index contributed by atoms with van der Waals surface area (Å²) in [7, 11) is -3.51. The fourth-order valence-corrected chi connectivity index (χ4v) is 2.51. The largest absolute Gasteiger partial charge is 0.378 e. The van der Waals surface area contributed by atoms with E-state index in [9.17, 15) is 12.8 Å². The molecule has 0 aromatic heterocycles. The zero-order valence-electron chi connectivity index (χ0n) is 9.30. The van der Waals surface area contributed by atoms with Crippen molar-refractivity contribution in [2.24, 2.45) is 0 Å². The monoisotopic (exact) mass is 260 g/mol. The number of rotatable bonds is 3. The average Bonchev–Trinajstić information content (AvgIpc) is 2.64. The lowest BCUT2D eigenvalue weighted by atomic mass is 9.96. The van der Waals surface area contributed by atoms with Gasteiger partial charge in [0.2, 0.25) is 0 Å². The van der Waals surface area contributed by atoms with Gasteiger partial charge in [-0.05, 0) is 17.7 Å². The summed E-state index contributed by atoms with van der Waals surface area (Å²) in [4.78, 5) is 0. The topological polar surface area (TPSA) is 52.6 Å². The Labute approximate surface area is 99.5 Å². The van der Waals surface area contributed by atoms with Crippen molar-refractivity contribution < 1.29 is 21.7 Å². The molecule has 1 fully saturated rings. The number of benzene rings is 1. The molecule has 1 heterocycles. The van der Waals surface area contributed by atoms with Gasteiger partial charge in [0.05, 0.1) is 19.5 Å². The van der Waals surface area contributed by atoms with Crippen LogP contribution in [0.2, 0.25) is 0 Å².